The number of carbonyl (C=O) groups is 2. The summed E-state index contributed by atoms with van der Waals surface area (Å²) >= 11 is 1.12. The van der Waals surface area contributed by atoms with Crippen molar-refractivity contribution in [2.75, 3.05) is 12.4 Å². The van der Waals surface area contributed by atoms with Gasteiger partial charge in [-0.05, 0) is 50.2 Å². The molecule has 0 aliphatic carbocycles. The maximum Gasteiger partial charge on any atom is 0.278 e. The van der Waals surface area contributed by atoms with Crippen LogP contribution >= 0.6 is 11.7 Å². The molecule has 0 saturated heterocycles. The van der Waals surface area contributed by atoms with Crippen LogP contribution in [0.25, 0.3) is 11.0 Å². The summed E-state index contributed by atoms with van der Waals surface area (Å²) in [5.41, 5.74) is 3.43. The van der Waals surface area contributed by atoms with Crippen LogP contribution < -0.4 is 10.1 Å². The van der Waals surface area contributed by atoms with Gasteiger partial charge in [0.2, 0.25) is 5.78 Å². The Hall–Kier alpha value is -4.38. The molecule has 0 radical (unpaired) electrons. The van der Waals surface area contributed by atoms with E-state index in [9.17, 15) is 9.59 Å². The maximum absolute atomic E-state index is 13.3. The number of rotatable bonds is 7. The first-order chi connectivity index (χ1) is 17.0. The molecule has 35 heavy (non-hydrogen) atoms. The number of para-hydroxylation sites is 1. The summed E-state index contributed by atoms with van der Waals surface area (Å²) in [7, 11) is 1.55. The zero-order valence-corrected chi connectivity index (χ0v) is 19.9. The lowest BCUT2D eigenvalue weighted by Crippen LogP contribution is -2.16. The van der Waals surface area contributed by atoms with Crippen LogP contribution in [0.1, 0.15) is 43.7 Å². The summed E-state index contributed by atoms with van der Waals surface area (Å²) in [6.07, 6.45) is 0. The smallest absolute Gasteiger partial charge is 0.278 e. The SMILES string of the molecule is COc1ccc(C(=O)c2oc3ccccc3c2NC(=O)c2nnn(Cc3nsnc3C)c2C)cc1. The topological polar surface area (TPSA) is 125 Å². The summed E-state index contributed by atoms with van der Waals surface area (Å²) in [5, 5.41) is 11.6. The van der Waals surface area contributed by atoms with E-state index in [1.165, 1.54) is 0 Å². The first kappa shape index (κ1) is 22.4. The van der Waals surface area contributed by atoms with Crippen LogP contribution in [0.4, 0.5) is 5.69 Å². The number of ether oxygens (including phenoxy) is 1. The average Bonchev–Trinajstić information content (AvgIpc) is 3.56. The number of hydrogen-bond acceptors (Lipinski definition) is 9. The van der Waals surface area contributed by atoms with Crippen molar-refractivity contribution in [3.63, 3.8) is 0 Å². The summed E-state index contributed by atoms with van der Waals surface area (Å²) in [6, 6.07) is 13.8. The fourth-order valence-corrected chi connectivity index (χ4v) is 4.19. The molecule has 5 rings (SSSR count). The molecule has 5 aromatic rings. The molecule has 0 atom stereocenters. The van der Waals surface area contributed by atoms with E-state index in [1.54, 1.807) is 67.2 Å². The minimum Gasteiger partial charge on any atom is -0.497 e. The molecule has 0 bridgehead atoms. The van der Waals surface area contributed by atoms with Gasteiger partial charge in [-0.25, -0.2) is 4.68 Å². The largest absolute Gasteiger partial charge is 0.497 e. The number of amides is 1. The second-order valence-corrected chi connectivity index (χ2v) is 8.32. The van der Waals surface area contributed by atoms with Gasteiger partial charge in [-0.15, -0.1) is 5.10 Å². The number of carbonyl (C=O) groups excluding carboxylic acids is 2. The second kappa shape index (κ2) is 9.11. The molecule has 11 heteroatoms. The standard InChI is InChI=1S/C24H20N6O4S/c1-13-18(28-35-27-13)12-30-14(2)20(26-29-30)24(32)25-21-17-6-4-5-7-19(17)34-23(21)22(31)15-8-10-16(33-3)11-9-15/h4-11H,12H2,1-3H3,(H,25,32). The number of aryl methyl sites for hydroxylation is 1. The van der Waals surface area contributed by atoms with Crippen LogP contribution in [0, 0.1) is 13.8 Å². The number of fused-ring (bicyclic) bond motifs is 1. The number of nitrogens with zero attached hydrogens (tertiary/aromatic N) is 5. The molecule has 0 aliphatic rings. The molecule has 3 aromatic heterocycles. The normalized spacial score (nSPS) is 11.1. The quantitative estimate of drug-likeness (QED) is 0.340. The van der Waals surface area contributed by atoms with E-state index in [2.05, 4.69) is 24.4 Å². The van der Waals surface area contributed by atoms with Crippen LogP contribution in [0.2, 0.25) is 0 Å². The predicted octanol–water partition coefficient (Wildman–Crippen LogP) is 4.03. The lowest BCUT2D eigenvalue weighted by molar-refractivity contribution is 0.101. The first-order valence-electron chi connectivity index (χ1n) is 10.7. The molecule has 0 unspecified atom stereocenters. The van der Waals surface area contributed by atoms with Gasteiger partial charge in [-0.2, -0.15) is 8.75 Å². The minimum atomic E-state index is -0.503. The highest BCUT2D eigenvalue weighted by molar-refractivity contribution is 6.99. The molecular formula is C24H20N6O4S. The van der Waals surface area contributed by atoms with Crippen LogP contribution in [0.3, 0.4) is 0 Å². The monoisotopic (exact) mass is 488 g/mol. The number of furan rings is 1. The van der Waals surface area contributed by atoms with Crippen LogP contribution in [-0.2, 0) is 6.54 Å². The molecular weight excluding hydrogens is 468 g/mol. The molecule has 3 heterocycles. The van der Waals surface area contributed by atoms with Crippen molar-refractivity contribution < 1.29 is 18.7 Å². The summed E-state index contributed by atoms with van der Waals surface area (Å²) < 4.78 is 21.1. The third-order valence-electron chi connectivity index (χ3n) is 5.64. The van der Waals surface area contributed by atoms with Gasteiger partial charge in [0.15, 0.2) is 11.5 Å². The van der Waals surface area contributed by atoms with Crippen molar-refractivity contribution in [2.45, 2.75) is 20.4 Å². The van der Waals surface area contributed by atoms with E-state index in [0.29, 0.717) is 34.5 Å². The highest BCUT2D eigenvalue weighted by Crippen LogP contribution is 2.33. The molecule has 2 aromatic carbocycles. The van der Waals surface area contributed by atoms with Gasteiger partial charge in [0, 0.05) is 10.9 Å². The highest BCUT2D eigenvalue weighted by Gasteiger charge is 2.26. The van der Waals surface area contributed by atoms with Gasteiger partial charge in [-0.1, -0.05) is 17.3 Å². The van der Waals surface area contributed by atoms with Crippen molar-refractivity contribution in [3.05, 3.63) is 82.6 Å². The van der Waals surface area contributed by atoms with Crippen LogP contribution in [0.15, 0.2) is 52.9 Å². The van der Waals surface area contributed by atoms with Gasteiger partial charge in [0.1, 0.15) is 11.3 Å². The lowest BCUT2D eigenvalue weighted by atomic mass is 10.1. The Morgan fingerprint density at radius 1 is 1.09 bits per heavy atom. The molecule has 1 N–H and O–H groups in total. The lowest BCUT2D eigenvalue weighted by Gasteiger charge is -2.06. The zero-order chi connectivity index (χ0) is 24.5. The Kier molecular flexibility index (Phi) is 5.83. The molecule has 0 aliphatic heterocycles. The number of benzene rings is 2. The maximum atomic E-state index is 13.3. The van der Waals surface area contributed by atoms with Crippen LogP contribution in [0.5, 0.6) is 5.75 Å². The summed E-state index contributed by atoms with van der Waals surface area (Å²) in [5.74, 6) is -0.218. The van der Waals surface area contributed by atoms with E-state index < -0.39 is 5.91 Å². The third kappa shape index (κ3) is 4.17. The number of methoxy groups -OCH3 is 1. The molecule has 0 spiro atoms. The van der Waals surface area contributed by atoms with E-state index in [0.717, 1.165) is 23.1 Å². The minimum absolute atomic E-state index is 0.0268. The van der Waals surface area contributed by atoms with Gasteiger partial charge in [0.25, 0.3) is 5.91 Å². The Morgan fingerprint density at radius 2 is 1.86 bits per heavy atom. The number of anilines is 1. The average molecular weight is 489 g/mol. The summed E-state index contributed by atoms with van der Waals surface area (Å²) in [4.78, 5) is 26.5. The molecule has 0 saturated carbocycles. The number of hydrogen-bond donors (Lipinski definition) is 1. The van der Waals surface area contributed by atoms with E-state index >= 15 is 0 Å². The molecule has 0 fully saturated rings. The zero-order valence-electron chi connectivity index (χ0n) is 19.1. The van der Waals surface area contributed by atoms with Gasteiger partial charge in [0.05, 0.1) is 48.2 Å². The molecule has 176 valence electrons. The van der Waals surface area contributed by atoms with Crippen molar-refractivity contribution >= 4 is 40.1 Å². The van der Waals surface area contributed by atoms with Crippen molar-refractivity contribution in [2.24, 2.45) is 0 Å². The van der Waals surface area contributed by atoms with E-state index in [-0.39, 0.29) is 22.9 Å². The Balaban J connectivity index is 1.48. The number of aromatic nitrogens is 5. The van der Waals surface area contributed by atoms with Crippen molar-refractivity contribution in [3.8, 4) is 5.75 Å². The van der Waals surface area contributed by atoms with Gasteiger partial charge in [-0.3, -0.25) is 9.59 Å². The van der Waals surface area contributed by atoms with Gasteiger partial charge >= 0.3 is 0 Å². The van der Waals surface area contributed by atoms with E-state index in [1.807, 2.05) is 6.92 Å². The summed E-state index contributed by atoms with van der Waals surface area (Å²) in [6.45, 7) is 3.97. The second-order valence-electron chi connectivity index (χ2n) is 7.79. The number of ketones is 1. The Bertz CT molecular complexity index is 1550. The highest BCUT2D eigenvalue weighted by atomic mass is 32.1. The van der Waals surface area contributed by atoms with Crippen molar-refractivity contribution in [1.29, 1.82) is 0 Å². The fraction of sp³-hybridized carbons (Fsp3) is 0.167. The van der Waals surface area contributed by atoms with E-state index in [4.69, 9.17) is 9.15 Å². The Labute approximate surface area is 203 Å². The first-order valence-corrected chi connectivity index (χ1v) is 11.4. The number of nitrogens with one attached hydrogen (secondary N) is 1. The van der Waals surface area contributed by atoms with Crippen LogP contribution in [-0.4, -0.2) is 42.5 Å². The van der Waals surface area contributed by atoms with Crippen molar-refractivity contribution in [1.82, 2.24) is 23.7 Å². The molecule has 1 amide bonds. The molecule has 10 nitrogen and oxygen atoms in total. The predicted molar refractivity (Wildman–Crippen MR) is 129 cm³/mol. The van der Waals surface area contributed by atoms with Gasteiger partial charge < -0.3 is 14.5 Å². The third-order valence-corrected chi connectivity index (χ3v) is 6.29. The Morgan fingerprint density at radius 3 is 2.57 bits per heavy atom. The fourth-order valence-electron chi connectivity index (χ4n) is 3.63.